The number of nitrogens with two attached hydrogens (primary N) is 6. The number of carboxylic acid groups (broad SMARTS) is 1. The van der Waals surface area contributed by atoms with E-state index in [2.05, 4.69) is 53.9 Å². The number of carbonyl (C=O) groups excluding carboxylic acids is 9. The summed E-state index contributed by atoms with van der Waals surface area (Å²) in [6, 6.07) is 16.5. The molecule has 134 heavy (non-hydrogen) atoms. The molecule has 6 aromatic carbocycles. The van der Waals surface area contributed by atoms with Crippen LogP contribution in [0.2, 0.25) is 0 Å². The minimum absolute atomic E-state index is 0.00343. The standard InChI is InChI=1S/C93H116N18O23/c1-46-76(85(122)108-70(39-99)89(126)110(9)78-54-31-65(79(117)74(33-54)133-44-62(115)38-98)63-26-50(10-20-71(63)130-41-59(112)35-95)28-68(90(127)128)106-82(119)48(3)103-87(78)124)47(2)102-81(101-46)52-12-14-56(15-13-52)92(5,6)45-134-91(129)69-29-51-11-21-72(131-42-60(113)36-96)64(27-51)66-30-53(32-73(80(66)118)132-43-61(114)37-97)77(86(123)104-49(4)83(120)107-69)109(8)88(125)67(22-25-94)105-84(121)55-34-75(116)111(100-40-55)58-18-16-57(17-19-58)93(7)23-24-93/h10-21,26-27,30-34,40,48-49,59-62,67-70,77-78,112-115,117-118H,22-25,28-29,35-39,41-45,94-99H2,1-9H3,(H,103,124)(H,104,123)(H,105,121)(H,106,119)(H,107,120)(H,108,122)(H,127,128)/t48-,49-,59+,60+,61+,62+,67-,68-,69-,70-,77-,78-/m0/s1. The van der Waals surface area contributed by atoms with Crippen molar-refractivity contribution in [2.24, 2.45) is 34.4 Å². The van der Waals surface area contributed by atoms with E-state index in [1.54, 1.807) is 56.3 Å². The lowest BCUT2D eigenvalue weighted by atomic mass is 9.85. The van der Waals surface area contributed by atoms with Gasteiger partial charge in [-0.3, -0.25) is 43.2 Å². The molecule has 41 nitrogen and oxygen atoms in total. The summed E-state index contributed by atoms with van der Waals surface area (Å²) in [5, 5.41) is 97.1. The van der Waals surface area contributed by atoms with Crippen molar-refractivity contribution in [2.45, 2.75) is 164 Å². The summed E-state index contributed by atoms with van der Waals surface area (Å²) in [6.07, 6.45) is -2.55. The number of carbonyl (C=O) groups is 10. The highest BCUT2D eigenvalue weighted by atomic mass is 16.5. The van der Waals surface area contributed by atoms with Crippen LogP contribution in [-0.4, -0.2) is 272 Å². The summed E-state index contributed by atoms with van der Waals surface area (Å²) in [6.45, 7) is 7.54. The zero-order valence-corrected chi connectivity index (χ0v) is 75.6. The molecule has 11 rings (SSSR count). The molecule has 1 aliphatic carbocycles. The van der Waals surface area contributed by atoms with Crippen LogP contribution in [0.3, 0.4) is 0 Å². The van der Waals surface area contributed by atoms with Crippen molar-refractivity contribution in [1.82, 2.24) is 61.4 Å². The number of aromatic nitrogens is 4. The predicted octanol–water partition coefficient (Wildman–Crippen LogP) is -0.503. The van der Waals surface area contributed by atoms with Gasteiger partial charge in [0.05, 0.1) is 34.4 Å². The van der Waals surface area contributed by atoms with Crippen molar-refractivity contribution < 1.29 is 107 Å². The van der Waals surface area contributed by atoms with Crippen LogP contribution in [0.25, 0.3) is 39.3 Å². The Morgan fingerprint density at radius 1 is 0.552 bits per heavy atom. The number of nitrogens with one attached hydrogen (secondary N) is 6. The van der Waals surface area contributed by atoms with Gasteiger partial charge < -0.3 is 136 Å². The molecular weight excluding hydrogens is 1740 g/mol. The normalized spacial score (nSPS) is 18.5. The first kappa shape index (κ1) is 101. The maximum atomic E-state index is 15.3. The van der Waals surface area contributed by atoms with Crippen molar-refractivity contribution in [3.05, 3.63) is 188 Å². The van der Waals surface area contributed by atoms with Gasteiger partial charge in [-0.15, -0.1) is 0 Å². The topological polar surface area (TPSA) is 654 Å². The van der Waals surface area contributed by atoms with Gasteiger partial charge >= 0.3 is 11.9 Å². The van der Waals surface area contributed by atoms with Crippen LogP contribution >= 0.6 is 0 Å². The first-order valence-corrected chi connectivity index (χ1v) is 43.5. The summed E-state index contributed by atoms with van der Waals surface area (Å²) in [7, 11) is 2.45. The number of benzene rings is 6. The fourth-order valence-electron chi connectivity index (χ4n) is 15.3. The van der Waals surface area contributed by atoms with E-state index in [-0.39, 0.29) is 162 Å². The fraction of sp³-hybridized carbons (Fsp3) is 0.419. The number of phenolic OH excluding ortho intramolecular Hbond substituents is 2. The Bertz CT molecular complexity index is 5740. The highest BCUT2D eigenvalue weighted by Gasteiger charge is 2.43. The van der Waals surface area contributed by atoms with Crippen LogP contribution in [0, 0.1) is 13.8 Å². The van der Waals surface area contributed by atoms with Crippen molar-refractivity contribution >= 4 is 59.2 Å². The molecule has 0 unspecified atom stereocenters. The largest absolute Gasteiger partial charge is 0.504 e. The van der Waals surface area contributed by atoms with Gasteiger partial charge in [-0.05, 0) is 153 Å². The Labute approximate surface area is 771 Å². The molecule has 25 N–H and O–H groups in total. The highest BCUT2D eigenvalue weighted by molar-refractivity contribution is 6.02. The number of ether oxygens (including phenoxy) is 5. The number of nitrogens with zero attached hydrogens (tertiary/aromatic N) is 6. The minimum atomic E-state index is -1.80. The van der Waals surface area contributed by atoms with Crippen molar-refractivity contribution in [1.29, 1.82) is 0 Å². The molecule has 41 heteroatoms. The molecule has 0 saturated heterocycles. The number of hydrogen-bond acceptors (Lipinski definition) is 31. The van der Waals surface area contributed by atoms with Gasteiger partial charge in [0.15, 0.2) is 28.8 Å². The number of aryl methyl sites for hydroxylation is 2. The Balaban J connectivity index is 0.832. The maximum absolute atomic E-state index is 15.3. The lowest BCUT2D eigenvalue weighted by Gasteiger charge is -2.33. The number of hydrogen-bond donors (Lipinski definition) is 19. The van der Waals surface area contributed by atoms with Crippen molar-refractivity contribution in [3.63, 3.8) is 0 Å². The number of aliphatic hydroxyl groups excluding tert-OH is 4. The number of aliphatic hydroxyl groups is 4. The van der Waals surface area contributed by atoms with Gasteiger partial charge in [0, 0.05) is 99.0 Å². The van der Waals surface area contributed by atoms with Crippen LogP contribution in [0.4, 0.5) is 0 Å². The number of carboxylic acids is 1. The van der Waals surface area contributed by atoms with Gasteiger partial charge in [0.25, 0.3) is 17.4 Å². The van der Waals surface area contributed by atoms with Gasteiger partial charge in [0.2, 0.25) is 35.4 Å². The summed E-state index contributed by atoms with van der Waals surface area (Å²) >= 11 is 0. The van der Waals surface area contributed by atoms with Gasteiger partial charge in [-0.25, -0.2) is 19.6 Å². The molecule has 2 aliphatic heterocycles. The van der Waals surface area contributed by atoms with Crippen LogP contribution in [0.15, 0.2) is 126 Å². The van der Waals surface area contributed by atoms with E-state index in [4.69, 9.17) is 58.1 Å². The lowest BCUT2D eigenvalue weighted by molar-refractivity contribution is -0.149. The first-order chi connectivity index (χ1) is 63.6. The van der Waals surface area contributed by atoms with Crippen LogP contribution < -0.4 is 90.8 Å². The molecule has 0 spiro atoms. The van der Waals surface area contributed by atoms with E-state index < -0.39 is 174 Å². The zero-order chi connectivity index (χ0) is 97.6. The fourth-order valence-corrected chi connectivity index (χ4v) is 15.3. The zero-order valence-electron chi connectivity index (χ0n) is 75.6. The number of esters is 1. The molecule has 3 aliphatic rings. The molecule has 2 aromatic heterocycles. The van der Waals surface area contributed by atoms with Crippen molar-refractivity contribution in [2.75, 3.05) is 86.4 Å². The van der Waals surface area contributed by atoms with Crippen LogP contribution in [0.5, 0.6) is 34.5 Å². The highest BCUT2D eigenvalue weighted by Crippen LogP contribution is 2.49. The molecule has 12 atom stereocenters. The third-order valence-electron chi connectivity index (χ3n) is 23.6. The quantitative estimate of drug-likeness (QED) is 0.0223. The van der Waals surface area contributed by atoms with Gasteiger partial charge in [0.1, 0.15) is 117 Å². The molecular formula is C93H116N18O23. The summed E-state index contributed by atoms with van der Waals surface area (Å²) in [5.41, 5.74) is 36.7. The number of likely N-dealkylation sites (N-methyl/N-ethyl adjacent to an activating group) is 2. The monoisotopic (exact) mass is 1850 g/mol. The number of aliphatic carboxylic acids is 1. The Morgan fingerprint density at radius 2 is 1.00 bits per heavy atom. The second-order valence-electron chi connectivity index (χ2n) is 34.5. The first-order valence-electron chi connectivity index (χ1n) is 43.5. The molecule has 8 aromatic rings. The second kappa shape index (κ2) is 43.8. The minimum Gasteiger partial charge on any atom is -0.504 e. The predicted molar refractivity (Wildman–Crippen MR) is 487 cm³/mol. The van der Waals surface area contributed by atoms with E-state index in [0.717, 1.165) is 45.1 Å². The number of aromatic hydroxyl groups is 2. The van der Waals surface area contributed by atoms with Crippen molar-refractivity contribution in [3.8, 4) is 73.8 Å². The Morgan fingerprint density at radius 3 is 1.44 bits per heavy atom. The van der Waals surface area contributed by atoms with Crippen LogP contribution in [-0.2, 0) is 66.8 Å². The molecule has 716 valence electrons. The number of fused-ring (bicyclic) bond motifs is 10. The summed E-state index contributed by atoms with van der Waals surface area (Å²) < 4.78 is 31.3. The van der Waals surface area contributed by atoms with E-state index in [9.17, 15) is 74.1 Å². The molecule has 8 amide bonds. The molecule has 4 heterocycles. The van der Waals surface area contributed by atoms with Crippen LogP contribution in [0.1, 0.15) is 131 Å². The SMILES string of the molecule is Cc1nc(-c2ccc(C(C)(C)COC(=O)[C@@H]3Cc4ccc(OC[C@H](O)CN)c(c4)-c4cc(cc(OC[C@H](O)CN)c4O)[C@H](N(C)C(=O)[C@H](CCN)NC(=O)c4cnn(-c5ccc(C6(C)CC6)cc5)c(=O)c4)C(=O)N[C@@H](C)C(=O)N3)cc2)nc(C)c1C(=O)N[C@@H](CN)C(=O)N(C)[C@@H]1C(=O)N[C@@H](C)C(=O)N[C@H](C(=O)O)Cc2ccc(OC[C@H](O)CN)c(c2)-c2cc1cc(OC[C@H](O)CN)c2O. The van der Waals surface area contributed by atoms with Gasteiger partial charge in [-0.1, -0.05) is 69.3 Å². The average Bonchev–Trinajstić information content (AvgIpc) is 1.07. The summed E-state index contributed by atoms with van der Waals surface area (Å²) in [4.78, 5) is 170. The second-order valence-corrected chi connectivity index (χ2v) is 34.5. The molecule has 1 saturated carbocycles. The lowest BCUT2D eigenvalue weighted by Crippen LogP contribution is -2.56. The van der Waals surface area contributed by atoms with Gasteiger partial charge in [-0.2, -0.15) is 9.78 Å². The third kappa shape index (κ3) is 23.9. The van der Waals surface area contributed by atoms with E-state index in [0.29, 0.717) is 27.9 Å². The maximum Gasteiger partial charge on any atom is 0.329 e. The number of amides is 8. The van der Waals surface area contributed by atoms with E-state index >= 15 is 14.4 Å². The Kier molecular flexibility index (Phi) is 33.0. The summed E-state index contributed by atoms with van der Waals surface area (Å²) in [5.74, 6) is -11.6. The average molecular weight is 1850 g/mol. The number of rotatable bonds is 35. The number of phenols is 2. The molecule has 8 bridgehead atoms. The Hall–Kier alpha value is -13.6. The van der Waals surface area contributed by atoms with E-state index in [1.165, 1.54) is 96.4 Å². The molecule has 0 radical (unpaired) electrons. The third-order valence-corrected chi connectivity index (χ3v) is 23.6. The molecule has 1 fully saturated rings. The smallest absolute Gasteiger partial charge is 0.329 e. The van der Waals surface area contributed by atoms with E-state index in [1.807, 2.05) is 12.1 Å².